The summed E-state index contributed by atoms with van der Waals surface area (Å²) in [4.78, 5) is 14.8. The fourth-order valence-electron chi connectivity index (χ4n) is 3.30. The Kier molecular flexibility index (Phi) is 8.34. The number of carbonyl (C=O) groups excluding carboxylic acids is 1. The van der Waals surface area contributed by atoms with E-state index in [2.05, 4.69) is 10.0 Å². The molecule has 37 heavy (non-hydrogen) atoms. The van der Waals surface area contributed by atoms with E-state index in [0.29, 0.717) is 23.4 Å². The minimum absolute atomic E-state index is 0.106. The first kappa shape index (κ1) is 27.8. The molecule has 1 amide bonds. The maximum absolute atomic E-state index is 13.0. The maximum atomic E-state index is 13.0. The molecular weight excluding hydrogens is 511 g/mol. The molecule has 0 fully saturated rings. The summed E-state index contributed by atoms with van der Waals surface area (Å²) in [6.45, 7) is 0.830. The van der Waals surface area contributed by atoms with Gasteiger partial charge in [-0.3, -0.25) is 9.52 Å². The highest BCUT2D eigenvalue weighted by atomic mass is 32.2. The summed E-state index contributed by atoms with van der Waals surface area (Å²) in [5.74, 6) is -0.562. The van der Waals surface area contributed by atoms with Gasteiger partial charge in [0.15, 0.2) is 0 Å². The maximum Gasteiger partial charge on any atom is 0.416 e. The number of phenols is 1. The SMILES string of the molecule is CN(C)CCOc1cc(C(=O)Nc2ccc(O)c(NS(C)(=O)=O)c2)ccc1-c1ccc(C(F)(F)F)cc1. The lowest BCUT2D eigenvalue weighted by Crippen LogP contribution is -2.20. The zero-order valence-electron chi connectivity index (χ0n) is 20.3. The molecule has 8 nitrogen and oxygen atoms in total. The van der Waals surface area contributed by atoms with Crippen molar-refractivity contribution < 1.29 is 36.2 Å². The molecule has 198 valence electrons. The van der Waals surface area contributed by atoms with Gasteiger partial charge in [0, 0.05) is 23.4 Å². The largest absolute Gasteiger partial charge is 0.506 e. The predicted octanol–water partition coefficient (Wildman–Crippen LogP) is 4.64. The van der Waals surface area contributed by atoms with Crippen molar-refractivity contribution in [3.05, 3.63) is 71.8 Å². The number of carbonyl (C=O) groups is 1. The van der Waals surface area contributed by atoms with Crippen molar-refractivity contribution in [2.24, 2.45) is 0 Å². The van der Waals surface area contributed by atoms with Crippen LogP contribution in [0.15, 0.2) is 60.7 Å². The second-order valence-electron chi connectivity index (χ2n) is 8.50. The smallest absolute Gasteiger partial charge is 0.416 e. The average Bonchev–Trinajstić information content (AvgIpc) is 2.79. The molecule has 0 spiro atoms. The van der Waals surface area contributed by atoms with Crippen LogP contribution in [-0.4, -0.2) is 57.8 Å². The fourth-order valence-corrected chi connectivity index (χ4v) is 3.86. The summed E-state index contributed by atoms with van der Waals surface area (Å²) in [7, 11) is 0.0465. The Balaban J connectivity index is 1.90. The van der Waals surface area contributed by atoms with Crippen LogP contribution in [0.25, 0.3) is 11.1 Å². The number of halogens is 3. The van der Waals surface area contributed by atoms with Crippen LogP contribution < -0.4 is 14.8 Å². The molecule has 3 rings (SSSR count). The van der Waals surface area contributed by atoms with Crippen LogP contribution in [0.5, 0.6) is 11.5 Å². The van der Waals surface area contributed by atoms with Gasteiger partial charge in [-0.05, 0) is 68.2 Å². The molecule has 0 radical (unpaired) electrons. The lowest BCUT2D eigenvalue weighted by molar-refractivity contribution is -0.137. The second-order valence-corrected chi connectivity index (χ2v) is 10.2. The number of hydrogen-bond acceptors (Lipinski definition) is 6. The molecule has 0 saturated heterocycles. The first-order valence-corrected chi connectivity index (χ1v) is 12.8. The molecule has 0 atom stereocenters. The van der Waals surface area contributed by atoms with Crippen LogP contribution in [0.4, 0.5) is 24.5 Å². The third kappa shape index (κ3) is 7.86. The zero-order valence-corrected chi connectivity index (χ0v) is 21.1. The highest BCUT2D eigenvalue weighted by Gasteiger charge is 2.30. The molecule has 0 saturated carbocycles. The number of alkyl halides is 3. The summed E-state index contributed by atoms with van der Waals surface area (Å²) in [5.41, 5.74) is 0.520. The predicted molar refractivity (Wildman–Crippen MR) is 135 cm³/mol. The van der Waals surface area contributed by atoms with E-state index >= 15 is 0 Å². The van der Waals surface area contributed by atoms with E-state index in [0.717, 1.165) is 18.4 Å². The van der Waals surface area contributed by atoms with E-state index in [-0.39, 0.29) is 29.3 Å². The lowest BCUT2D eigenvalue weighted by Gasteiger charge is -2.16. The van der Waals surface area contributed by atoms with Crippen LogP contribution in [0.2, 0.25) is 0 Å². The Morgan fingerprint density at radius 2 is 1.70 bits per heavy atom. The third-order valence-corrected chi connectivity index (χ3v) is 5.70. The molecule has 12 heteroatoms. The van der Waals surface area contributed by atoms with Crippen molar-refractivity contribution in [2.75, 3.05) is 43.5 Å². The minimum atomic E-state index is -4.46. The number of likely N-dealkylation sites (N-methyl/N-ethyl adjacent to an activating group) is 1. The van der Waals surface area contributed by atoms with Crippen LogP contribution in [-0.2, 0) is 16.2 Å². The second kappa shape index (κ2) is 11.1. The molecule has 0 unspecified atom stereocenters. The summed E-state index contributed by atoms with van der Waals surface area (Å²) in [5, 5.41) is 12.5. The summed E-state index contributed by atoms with van der Waals surface area (Å²) < 4.78 is 70.0. The molecule has 0 aliphatic heterocycles. The van der Waals surface area contributed by atoms with Gasteiger partial charge in [0.2, 0.25) is 10.0 Å². The average molecular weight is 538 g/mol. The van der Waals surface area contributed by atoms with Gasteiger partial charge < -0.3 is 20.1 Å². The molecule has 0 bridgehead atoms. The Hall–Kier alpha value is -3.77. The number of hydrogen-bond donors (Lipinski definition) is 3. The van der Waals surface area contributed by atoms with E-state index < -0.39 is 27.7 Å². The normalized spacial score (nSPS) is 11.9. The lowest BCUT2D eigenvalue weighted by atomic mass is 10.0. The van der Waals surface area contributed by atoms with Crippen molar-refractivity contribution in [1.82, 2.24) is 4.90 Å². The van der Waals surface area contributed by atoms with Crippen LogP contribution in [0, 0.1) is 0 Å². The number of ether oxygens (including phenoxy) is 1. The summed E-state index contributed by atoms with van der Waals surface area (Å²) >= 11 is 0. The van der Waals surface area contributed by atoms with Gasteiger partial charge in [-0.15, -0.1) is 0 Å². The van der Waals surface area contributed by atoms with Crippen LogP contribution >= 0.6 is 0 Å². The minimum Gasteiger partial charge on any atom is -0.506 e. The molecular formula is C25H26F3N3O5S. The quantitative estimate of drug-likeness (QED) is 0.271. The Labute approximate surface area is 212 Å². The van der Waals surface area contributed by atoms with Gasteiger partial charge in [0.1, 0.15) is 18.1 Å². The van der Waals surface area contributed by atoms with Gasteiger partial charge in [-0.1, -0.05) is 12.1 Å². The van der Waals surface area contributed by atoms with E-state index in [1.165, 1.54) is 42.5 Å². The zero-order chi connectivity index (χ0) is 27.4. The number of sulfonamides is 1. The first-order chi connectivity index (χ1) is 17.2. The molecule has 3 aromatic rings. The van der Waals surface area contributed by atoms with Gasteiger partial charge in [-0.2, -0.15) is 13.2 Å². The number of phenolic OH excluding ortho intramolecular Hbond substituents is 1. The standard InChI is InChI=1S/C25H26F3N3O5S/c1-31(2)12-13-36-23-14-17(6-10-20(23)16-4-7-18(8-5-16)25(26,27)28)24(33)29-19-9-11-22(32)21(15-19)30-37(3,34)35/h4-11,14-15,30,32H,12-13H2,1-3H3,(H,29,33). The topological polar surface area (TPSA) is 108 Å². The van der Waals surface area contributed by atoms with E-state index in [1.807, 2.05) is 19.0 Å². The number of benzene rings is 3. The van der Waals surface area contributed by atoms with Gasteiger partial charge in [0.05, 0.1) is 17.5 Å². The highest BCUT2D eigenvalue weighted by molar-refractivity contribution is 7.92. The highest BCUT2D eigenvalue weighted by Crippen LogP contribution is 2.35. The molecule has 0 heterocycles. The van der Waals surface area contributed by atoms with Crippen molar-refractivity contribution in [3.8, 4) is 22.6 Å². The fraction of sp³-hybridized carbons (Fsp3) is 0.240. The monoisotopic (exact) mass is 537 g/mol. The van der Waals surface area contributed by atoms with Gasteiger partial charge in [0.25, 0.3) is 5.91 Å². The summed E-state index contributed by atoms with van der Waals surface area (Å²) in [6.07, 6.45) is -3.54. The molecule has 0 aliphatic rings. The number of nitrogens with zero attached hydrogens (tertiary/aromatic N) is 1. The number of anilines is 2. The number of aromatic hydroxyl groups is 1. The van der Waals surface area contributed by atoms with Gasteiger partial charge in [-0.25, -0.2) is 8.42 Å². The Morgan fingerprint density at radius 3 is 2.30 bits per heavy atom. The molecule has 3 aromatic carbocycles. The van der Waals surface area contributed by atoms with E-state index in [4.69, 9.17) is 4.74 Å². The van der Waals surface area contributed by atoms with Crippen molar-refractivity contribution >= 4 is 27.3 Å². The Bertz CT molecular complexity index is 1380. The van der Waals surface area contributed by atoms with E-state index in [9.17, 15) is 31.5 Å². The molecule has 3 N–H and O–H groups in total. The van der Waals surface area contributed by atoms with Crippen molar-refractivity contribution in [1.29, 1.82) is 0 Å². The number of rotatable bonds is 9. The van der Waals surface area contributed by atoms with Crippen LogP contribution in [0.3, 0.4) is 0 Å². The number of nitrogens with one attached hydrogen (secondary N) is 2. The van der Waals surface area contributed by atoms with Gasteiger partial charge >= 0.3 is 6.18 Å². The first-order valence-electron chi connectivity index (χ1n) is 10.9. The van der Waals surface area contributed by atoms with E-state index in [1.54, 1.807) is 6.07 Å². The van der Waals surface area contributed by atoms with Crippen LogP contribution in [0.1, 0.15) is 15.9 Å². The summed E-state index contributed by atoms with van der Waals surface area (Å²) in [6, 6.07) is 13.1. The molecule has 0 aliphatic carbocycles. The third-order valence-electron chi connectivity index (χ3n) is 5.11. The van der Waals surface area contributed by atoms with Crippen molar-refractivity contribution in [3.63, 3.8) is 0 Å². The Morgan fingerprint density at radius 1 is 1.03 bits per heavy atom. The molecule has 0 aromatic heterocycles. The number of amides is 1. The van der Waals surface area contributed by atoms with Crippen molar-refractivity contribution in [2.45, 2.75) is 6.18 Å².